The highest BCUT2D eigenvalue weighted by atomic mass is 16.3. The molecule has 1 atom stereocenters. The van der Waals surface area contributed by atoms with Crippen LogP contribution in [0.1, 0.15) is 79.0 Å². The molecule has 0 aliphatic rings. The van der Waals surface area contributed by atoms with Crippen molar-refractivity contribution in [3.05, 3.63) is 137 Å². The van der Waals surface area contributed by atoms with Crippen molar-refractivity contribution in [2.75, 3.05) is 0 Å². The van der Waals surface area contributed by atoms with Crippen molar-refractivity contribution < 1.29 is 5.11 Å². The van der Waals surface area contributed by atoms with Gasteiger partial charge in [0.25, 0.3) is 0 Å². The van der Waals surface area contributed by atoms with Crippen LogP contribution in [-0.4, -0.2) is 35.1 Å². The largest absolute Gasteiger partial charge is 0.373 e. The Labute approximate surface area is 248 Å². The monoisotopic (exact) mass is 560 g/mol. The number of unbranched alkanes of at least 4 members (excludes halogenated alkanes) is 2. The molecule has 5 aromatic rings. The van der Waals surface area contributed by atoms with Crippen LogP contribution in [0.5, 0.6) is 0 Å². The Morgan fingerprint density at radius 3 is 1.81 bits per heavy atom. The summed E-state index contributed by atoms with van der Waals surface area (Å²) in [6.45, 7) is 5.48. The first-order chi connectivity index (χ1) is 20.6. The van der Waals surface area contributed by atoms with Gasteiger partial charge in [-0.25, -0.2) is 9.36 Å². The van der Waals surface area contributed by atoms with Gasteiger partial charge in [0.15, 0.2) is 5.60 Å². The van der Waals surface area contributed by atoms with Crippen LogP contribution in [0.4, 0.5) is 0 Å². The van der Waals surface area contributed by atoms with E-state index in [9.17, 15) is 5.11 Å². The fourth-order valence-corrected chi connectivity index (χ4v) is 5.36. The second kappa shape index (κ2) is 14.0. The summed E-state index contributed by atoms with van der Waals surface area (Å²) in [5.74, 6) is 0. The third kappa shape index (κ3) is 6.42. The lowest BCUT2D eigenvalue weighted by Crippen LogP contribution is -2.33. The van der Waals surface area contributed by atoms with E-state index in [1.807, 2.05) is 76.1 Å². The van der Waals surface area contributed by atoms with E-state index < -0.39 is 5.60 Å². The second-order valence-electron chi connectivity index (χ2n) is 10.7. The van der Waals surface area contributed by atoms with Gasteiger partial charge in [0.05, 0.1) is 24.5 Å². The number of allylic oxidation sites excluding steroid dienone is 1. The summed E-state index contributed by atoms with van der Waals surface area (Å²) in [4.78, 5) is 0. The predicted molar refractivity (Wildman–Crippen MR) is 167 cm³/mol. The number of nitrogens with zero attached hydrogens (tertiary/aromatic N) is 6. The fourth-order valence-electron chi connectivity index (χ4n) is 5.36. The summed E-state index contributed by atoms with van der Waals surface area (Å²) in [7, 11) is 0. The molecule has 216 valence electrons. The van der Waals surface area contributed by atoms with Gasteiger partial charge in [-0.05, 0) is 42.4 Å². The third-order valence-corrected chi connectivity index (χ3v) is 7.65. The lowest BCUT2D eigenvalue weighted by Gasteiger charge is -2.27. The summed E-state index contributed by atoms with van der Waals surface area (Å²) in [5, 5.41) is 31.5. The maximum Gasteiger partial charge on any atom is 0.181 e. The molecule has 1 unspecified atom stereocenters. The molecule has 2 aromatic heterocycles. The Bertz CT molecular complexity index is 1560. The van der Waals surface area contributed by atoms with E-state index >= 15 is 0 Å². The number of benzene rings is 3. The number of aromatic nitrogens is 6. The minimum Gasteiger partial charge on any atom is -0.373 e. The van der Waals surface area contributed by atoms with Crippen LogP contribution in [-0.2, 0) is 31.5 Å². The Hall–Kier alpha value is -4.36. The van der Waals surface area contributed by atoms with Crippen molar-refractivity contribution in [2.45, 2.75) is 71.1 Å². The van der Waals surface area contributed by atoms with E-state index in [0.29, 0.717) is 30.0 Å². The highest BCUT2D eigenvalue weighted by molar-refractivity contribution is 5.49. The standard InChI is InChI=1S/C35H40N6O/c1-3-5-24-31-33(36-38-40(31)26-16-21-28-17-10-7-11-18-28)35(42,30-22-14-9-15-23-30)34-32(25-6-4-2)41(39-37-34)27-29-19-12-8-13-20-29/h7-23,42H,3-6,24-27H2,1-2H3/b21-16+. The molecule has 0 amide bonds. The van der Waals surface area contributed by atoms with Gasteiger partial charge in [-0.3, -0.25) is 0 Å². The molecule has 0 aliphatic heterocycles. The second-order valence-corrected chi connectivity index (χ2v) is 10.7. The average Bonchev–Trinajstić information content (AvgIpc) is 3.64. The third-order valence-electron chi connectivity index (χ3n) is 7.65. The minimum atomic E-state index is -1.61. The summed E-state index contributed by atoms with van der Waals surface area (Å²) in [6, 6.07) is 30.2. The lowest BCUT2D eigenvalue weighted by molar-refractivity contribution is 0.113. The Kier molecular flexibility index (Phi) is 9.72. The maximum atomic E-state index is 12.9. The van der Waals surface area contributed by atoms with Gasteiger partial charge in [-0.15, -0.1) is 10.2 Å². The Balaban J connectivity index is 1.62. The molecule has 0 saturated heterocycles. The number of hydrogen-bond donors (Lipinski definition) is 1. The molecule has 5 rings (SSSR count). The first-order valence-corrected chi connectivity index (χ1v) is 15.0. The van der Waals surface area contributed by atoms with E-state index in [0.717, 1.165) is 61.0 Å². The molecule has 2 heterocycles. The van der Waals surface area contributed by atoms with E-state index in [4.69, 9.17) is 5.10 Å². The van der Waals surface area contributed by atoms with E-state index in [1.165, 1.54) is 0 Å². The van der Waals surface area contributed by atoms with Crippen LogP contribution in [0.3, 0.4) is 0 Å². The van der Waals surface area contributed by atoms with Crippen LogP contribution in [0.15, 0.2) is 97.1 Å². The average molecular weight is 561 g/mol. The van der Waals surface area contributed by atoms with Gasteiger partial charge in [0.2, 0.25) is 0 Å². The molecule has 1 N–H and O–H groups in total. The van der Waals surface area contributed by atoms with Gasteiger partial charge in [-0.2, -0.15) is 0 Å². The van der Waals surface area contributed by atoms with Crippen molar-refractivity contribution in [1.29, 1.82) is 0 Å². The predicted octanol–water partition coefficient (Wildman–Crippen LogP) is 6.60. The smallest absolute Gasteiger partial charge is 0.181 e. The molecule has 42 heavy (non-hydrogen) atoms. The van der Waals surface area contributed by atoms with E-state index in [2.05, 4.69) is 65.8 Å². The van der Waals surface area contributed by atoms with Crippen LogP contribution in [0.2, 0.25) is 0 Å². The molecule has 0 radical (unpaired) electrons. The molecule has 0 aliphatic carbocycles. The van der Waals surface area contributed by atoms with Crippen molar-refractivity contribution in [1.82, 2.24) is 30.0 Å². The van der Waals surface area contributed by atoms with Crippen LogP contribution in [0.25, 0.3) is 6.08 Å². The number of aliphatic hydroxyl groups is 1. The zero-order valence-corrected chi connectivity index (χ0v) is 24.6. The number of hydrogen-bond acceptors (Lipinski definition) is 5. The summed E-state index contributed by atoms with van der Waals surface area (Å²) in [6.07, 6.45) is 9.63. The van der Waals surface area contributed by atoms with Gasteiger partial charge >= 0.3 is 0 Å². The molecule has 7 heteroatoms. The van der Waals surface area contributed by atoms with Gasteiger partial charge in [0.1, 0.15) is 11.4 Å². The van der Waals surface area contributed by atoms with E-state index in [1.54, 1.807) is 0 Å². The molecule has 0 fully saturated rings. The van der Waals surface area contributed by atoms with Crippen molar-refractivity contribution in [3.63, 3.8) is 0 Å². The van der Waals surface area contributed by atoms with Crippen molar-refractivity contribution in [3.8, 4) is 0 Å². The maximum absolute atomic E-state index is 12.9. The molecule has 0 spiro atoms. The van der Waals surface area contributed by atoms with E-state index in [-0.39, 0.29) is 0 Å². The zero-order valence-electron chi connectivity index (χ0n) is 24.6. The van der Waals surface area contributed by atoms with Crippen LogP contribution >= 0.6 is 0 Å². The lowest BCUT2D eigenvalue weighted by atomic mass is 9.83. The number of rotatable bonds is 14. The highest BCUT2D eigenvalue weighted by Crippen LogP contribution is 2.39. The summed E-state index contributed by atoms with van der Waals surface area (Å²) >= 11 is 0. The van der Waals surface area contributed by atoms with Gasteiger partial charge < -0.3 is 5.11 Å². The van der Waals surface area contributed by atoms with Gasteiger partial charge in [0, 0.05) is 0 Å². The Morgan fingerprint density at radius 1 is 0.690 bits per heavy atom. The minimum absolute atomic E-state index is 0.528. The molecular formula is C35H40N6O. The summed E-state index contributed by atoms with van der Waals surface area (Å²) in [5.41, 5.74) is 4.26. The Morgan fingerprint density at radius 2 is 1.21 bits per heavy atom. The van der Waals surface area contributed by atoms with Crippen molar-refractivity contribution in [2.24, 2.45) is 0 Å². The topological polar surface area (TPSA) is 81.7 Å². The fraction of sp³-hybridized carbons (Fsp3) is 0.314. The molecule has 0 bridgehead atoms. The molecule has 3 aromatic carbocycles. The quantitative estimate of drug-likeness (QED) is 0.165. The first kappa shape index (κ1) is 29.1. The molecule has 0 saturated carbocycles. The van der Waals surface area contributed by atoms with Crippen LogP contribution < -0.4 is 0 Å². The normalized spacial score (nSPS) is 13.0. The van der Waals surface area contributed by atoms with Gasteiger partial charge in [-0.1, -0.05) is 140 Å². The van der Waals surface area contributed by atoms with Crippen LogP contribution in [0, 0.1) is 0 Å². The molecule has 7 nitrogen and oxygen atoms in total. The SMILES string of the molecule is CCCCc1c(C(O)(c2ccccc2)c2nnn(Cc3ccccc3)c2CCCC)nnn1C/C=C/c1ccccc1. The highest BCUT2D eigenvalue weighted by Gasteiger charge is 2.44. The van der Waals surface area contributed by atoms with Crippen molar-refractivity contribution >= 4 is 6.08 Å². The molecular weight excluding hydrogens is 520 g/mol. The summed E-state index contributed by atoms with van der Waals surface area (Å²) < 4.78 is 3.85. The zero-order chi connectivity index (χ0) is 29.2. The first-order valence-electron chi connectivity index (χ1n) is 15.0.